The van der Waals surface area contributed by atoms with E-state index in [0.29, 0.717) is 11.8 Å². The molecule has 0 saturated heterocycles. The van der Waals surface area contributed by atoms with E-state index in [2.05, 4.69) is 56.4 Å². The van der Waals surface area contributed by atoms with Crippen molar-refractivity contribution in [2.75, 3.05) is 0 Å². The predicted octanol–water partition coefficient (Wildman–Crippen LogP) is 5.15. The van der Waals surface area contributed by atoms with Crippen LogP contribution in [0.5, 0.6) is 0 Å². The fourth-order valence-corrected chi connectivity index (χ4v) is 5.73. The molecule has 0 saturated carbocycles. The van der Waals surface area contributed by atoms with Gasteiger partial charge in [0.15, 0.2) is 0 Å². The first-order chi connectivity index (χ1) is 11.0. The largest absolute Gasteiger partial charge is 0.301 e. The molecule has 2 heteroatoms. The van der Waals surface area contributed by atoms with Gasteiger partial charge in [-0.2, -0.15) is 0 Å². The summed E-state index contributed by atoms with van der Waals surface area (Å²) >= 11 is 6.31. The summed E-state index contributed by atoms with van der Waals surface area (Å²) in [6.45, 7) is 4.65. The van der Waals surface area contributed by atoms with Gasteiger partial charge in [0.05, 0.1) is 0 Å². The van der Waals surface area contributed by atoms with Gasteiger partial charge < -0.3 is 4.79 Å². The van der Waals surface area contributed by atoms with Crippen molar-refractivity contribution in [2.45, 2.75) is 38.5 Å². The summed E-state index contributed by atoms with van der Waals surface area (Å²) < 4.78 is 0. The number of carbonyl (C=O) groups excluding carboxylic acids is 1. The zero-order valence-electron chi connectivity index (χ0n) is 13.8. The van der Waals surface area contributed by atoms with E-state index < -0.39 is 5.38 Å². The number of hydrogen-bond acceptors (Lipinski definition) is 1. The first kappa shape index (κ1) is 15.2. The Hall–Kier alpha value is -1.34. The first-order valence-electron chi connectivity index (χ1n) is 8.57. The zero-order chi connectivity index (χ0) is 16.2. The second-order valence-electron chi connectivity index (χ2n) is 7.74. The molecular formula is C21H23ClO. The van der Waals surface area contributed by atoms with Gasteiger partial charge in [-0.25, -0.2) is 0 Å². The van der Waals surface area contributed by atoms with E-state index >= 15 is 0 Å². The highest BCUT2D eigenvalue weighted by molar-refractivity contribution is 6.29. The lowest BCUT2D eigenvalue weighted by atomic mass is 9.53. The smallest absolute Gasteiger partial charge is 0.141 e. The molecule has 0 aliphatic heterocycles. The van der Waals surface area contributed by atoms with Crippen LogP contribution in [0.3, 0.4) is 0 Å². The molecule has 5 atom stereocenters. The molecule has 4 rings (SSSR count). The Morgan fingerprint density at radius 1 is 1.22 bits per heavy atom. The van der Waals surface area contributed by atoms with Crippen LogP contribution in [0.4, 0.5) is 0 Å². The number of fused-ring (bicyclic) bond motifs is 5. The van der Waals surface area contributed by atoms with E-state index in [9.17, 15) is 4.79 Å². The quantitative estimate of drug-likeness (QED) is 0.389. The van der Waals surface area contributed by atoms with Gasteiger partial charge in [-0.15, -0.1) is 11.6 Å². The Bertz CT molecular complexity index is 707. The topological polar surface area (TPSA) is 17.1 Å². The molecule has 1 unspecified atom stereocenters. The van der Waals surface area contributed by atoms with Gasteiger partial charge in [0.1, 0.15) is 11.7 Å². The Kier molecular flexibility index (Phi) is 3.36. The van der Waals surface area contributed by atoms with Gasteiger partial charge in [-0.05, 0) is 54.6 Å². The van der Waals surface area contributed by atoms with Crippen LogP contribution in [-0.2, 0) is 4.79 Å². The third-order valence-corrected chi connectivity index (χ3v) is 7.06. The Labute approximate surface area is 143 Å². The second kappa shape index (κ2) is 5.08. The summed E-state index contributed by atoms with van der Waals surface area (Å²) in [6.07, 6.45) is 20.0. The minimum atomic E-state index is -0.470. The van der Waals surface area contributed by atoms with Crippen molar-refractivity contribution in [1.82, 2.24) is 0 Å². The average Bonchev–Trinajstić information content (AvgIpc) is 2.91. The van der Waals surface area contributed by atoms with Crippen LogP contribution in [0, 0.1) is 22.7 Å². The second-order valence-corrected chi connectivity index (χ2v) is 8.21. The number of carbonyl (C=O) groups is 1. The number of alkyl halides is 1. The van der Waals surface area contributed by atoms with E-state index in [0.717, 1.165) is 31.1 Å². The highest BCUT2D eigenvalue weighted by atomic mass is 35.5. The Balaban J connectivity index is 1.75. The predicted molar refractivity (Wildman–Crippen MR) is 95.3 cm³/mol. The van der Waals surface area contributed by atoms with E-state index in [4.69, 9.17) is 11.6 Å². The lowest BCUT2D eigenvalue weighted by Crippen LogP contribution is -2.42. The molecule has 0 radical (unpaired) electrons. The van der Waals surface area contributed by atoms with Crippen molar-refractivity contribution in [2.24, 2.45) is 22.7 Å². The molecule has 0 heterocycles. The lowest BCUT2D eigenvalue weighted by molar-refractivity contribution is -0.107. The number of hydrogen-bond donors (Lipinski definition) is 0. The third-order valence-electron chi connectivity index (χ3n) is 6.72. The molecule has 0 spiro atoms. The standard InChI is InChI=1S/C21H23ClO/c1-20-11-4-3-5-14(20)6-7-15-16-8-9-18(19(22)13-23)21(16,2)12-10-17(15)20/h3-6,9-11,13,15-16,19H,7-8,12H2,1-2H3/t15-,16-,19?,20-,21-/m0/s1. The van der Waals surface area contributed by atoms with E-state index in [1.165, 1.54) is 5.57 Å². The molecule has 0 amide bonds. The van der Waals surface area contributed by atoms with E-state index in [1.54, 1.807) is 5.57 Å². The van der Waals surface area contributed by atoms with Crippen LogP contribution < -0.4 is 0 Å². The maximum atomic E-state index is 11.2. The summed E-state index contributed by atoms with van der Waals surface area (Å²) in [5.41, 5.74) is 4.24. The van der Waals surface area contributed by atoms with Crippen molar-refractivity contribution >= 4 is 17.9 Å². The van der Waals surface area contributed by atoms with Crippen molar-refractivity contribution < 1.29 is 4.79 Å². The number of aldehydes is 1. The molecule has 4 aliphatic rings. The molecular weight excluding hydrogens is 304 g/mol. The zero-order valence-corrected chi connectivity index (χ0v) is 14.5. The minimum Gasteiger partial charge on any atom is -0.301 e. The summed E-state index contributed by atoms with van der Waals surface area (Å²) in [7, 11) is 0. The lowest BCUT2D eigenvalue weighted by Gasteiger charge is -2.50. The van der Waals surface area contributed by atoms with Gasteiger partial charge in [0.25, 0.3) is 0 Å². The molecule has 0 aromatic heterocycles. The summed E-state index contributed by atoms with van der Waals surface area (Å²) in [6, 6.07) is 0. The van der Waals surface area contributed by atoms with Crippen LogP contribution in [0.25, 0.3) is 0 Å². The van der Waals surface area contributed by atoms with Crippen molar-refractivity contribution in [3.05, 3.63) is 59.3 Å². The van der Waals surface area contributed by atoms with E-state index in [-0.39, 0.29) is 10.8 Å². The molecule has 1 nitrogen and oxygen atoms in total. The first-order valence-corrected chi connectivity index (χ1v) is 9.01. The molecule has 0 N–H and O–H groups in total. The molecule has 0 bridgehead atoms. The number of allylic oxidation sites excluding steroid dienone is 10. The van der Waals surface area contributed by atoms with Crippen molar-refractivity contribution in [3.8, 4) is 0 Å². The molecule has 0 aromatic carbocycles. The summed E-state index contributed by atoms with van der Waals surface area (Å²) in [5.74, 6) is 1.12. The normalized spacial score (nSPS) is 42.0. The molecule has 23 heavy (non-hydrogen) atoms. The minimum absolute atomic E-state index is 0.0391. The highest BCUT2D eigenvalue weighted by Gasteiger charge is 2.52. The summed E-state index contributed by atoms with van der Waals surface area (Å²) in [5, 5.41) is -0.470. The fourth-order valence-electron chi connectivity index (χ4n) is 5.39. The molecule has 0 aromatic rings. The average molecular weight is 327 g/mol. The SMILES string of the molecule is C[C@]12C=CC=CC1=CC[C@@H]1C2=CC[C@]2(C)C(C(Cl)C=O)=CC[C@@H]12. The maximum absolute atomic E-state index is 11.2. The van der Waals surface area contributed by atoms with Crippen LogP contribution >= 0.6 is 11.6 Å². The van der Waals surface area contributed by atoms with Crippen LogP contribution in [-0.4, -0.2) is 11.7 Å². The van der Waals surface area contributed by atoms with Gasteiger partial charge >= 0.3 is 0 Å². The van der Waals surface area contributed by atoms with Crippen LogP contribution in [0.15, 0.2) is 59.3 Å². The van der Waals surface area contributed by atoms with Crippen LogP contribution in [0.1, 0.15) is 33.1 Å². The molecule has 120 valence electrons. The molecule has 0 fully saturated rings. The van der Waals surface area contributed by atoms with Crippen LogP contribution in [0.2, 0.25) is 0 Å². The van der Waals surface area contributed by atoms with Gasteiger partial charge in [-0.3, -0.25) is 0 Å². The molecule has 4 aliphatic carbocycles. The van der Waals surface area contributed by atoms with E-state index in [1.807, 2.05) is 0 Å². The maximum Gasteiger partial charge on any atom is 0.141 e. The number of halogens is 1. The van der Waals surface area contributed by atoms with Crippen molar-refractivity contribution in [1.29, 1.82) is 0 Å². The van der Waals surface area contributed by atoms with Crippen molar-refractivity contribution in [3.63, 3.8) is 0 Å². The number of rotatable bonds is 2. The fraction of sp³-hybridized carbons (Fsp3) is 0.476. The third kappa shape index (κ3) is 1.96. The van der Waals surface area contributed by atoms with Gasteiger partial charge in [-0.1, -0.05) is 55.0 Å². The monoisotopic (exact) mass is 326 g/mol. The summed E-state index contributed by atoms with van der Waals surface area (Å²) in [4.78, 5) is 11.2. The Morgan fingerprint density at radius 3 is 2.83 bits per heavy atom. The van der Waals surface area contributed by atoms with Gasteiger partial charge in [0.2, 0.25) is 0 Å². The Morgan fingerprint density at radius 2 is 2.04 bits per heavy atom. The van der Waals surface area contributed by atoms with Gasteiger partial charge in [0, 0.05) is 5.41 Å². The highest BCUT2D eigenvalue weighted by Crippen LogP contribution is 2.61.